The van der Waals surface area contributed by atoms with Crippen molar-refractivity contribution in [2.75, 3.05) is 19.6 Å². The molecule has 0 aliphatic carbocycles. The van der Waals surface area contributed by atoms with E-state index in [9.17, 15) is 4.79 Å². The van der Waals surface area contributed by atoms with Gasteiger partial charge in [0.2, 0.25) is 0 Å². The van der Waals surface area contributed by atoms with Crippen molar-refractivity contribution in [1.82, 2.24) is 14.9 Å². The first-order chi connectivity index (χ1) is 7.19. The van der Waals surface area contributed by atoms with Gasteiger partial charge < -0.3 is 14.6 Å². The van der Waals surface area contributed by atoms with Crippen molar-refractivity contribution in [2.24, 2.45) is 7.05 Å². The molecule has 0 aliphatic heterocycles. The van der Waals surface area contributed by atoms with Gasteiger partial charge in [-0.1, -0.05) is 0 Å². The average molecular weight is 232 g/mol. The van der Waals surface area contributed by atoms with E-state index in [1.807, 2.05) is 0 Å². The van der Waals surface area contributed by atoms with Crippen molar-refractivity contribution in [3.05, 3.63) is 18.2 Å². The Kier molecular flexibility index (Phi) is 4.58. The summed E-state index contributed by atoms with van der Waals surface area (Å²) >= 11 is 5.67. The second-order valence-corrected chi connectivity index (χ2v) is 3.48. The molecule has 0 aromatic carbocycles. The number of carbonyl (C=O) groups excluding carboxylic acids is 1. The lowest BCUT2D eigenvalue weighted by Crippen LogP contribution is -2.40. The van der Waals surface area contributed by atoms with E-state index in [0.717, 1.165) is 0 Å². The number of rotatable bonds is 5. The summed E-state index contributed by atoms with van der Waals surface area (Å²) in [6.45, 7) is 0.396. The van der Waals surface area contributed by atoms with Crippen LogP contribution < -0.4 is 5.32 Å². The van der Waals surface area contributed by atoms with Crippen LogP contribution in [-0.4, -0.2) is 41.1 Å². The number of imidazole rings is 1. The minimum Gasteiger partial charge on any atom is -0.383 e. The molecule has 0 bridgehead atoms. The zero-order valence-corrected chi connectivity index (χ0v) is 9.49. The Morgan fingerprint density at radius 1 is 1.80 bits per heavy atom. The number of aromatic nitrogens is 2. The molecule has 0 saturated heterocycles. The molecule has 1 heterocycles. The molecule has 84 valence electrons. The second kappa shape index (κ2) is 5.72. The molecule has 1 N–H and O–H groups in total. The molecule has 1 rings (SSSR count). The SMILES string of the molecule is COCC(CCl)NC(=O)c1cncn1C. The Bertz CT molecular complexity index is 327. The Morgan fingerprint density at radius 3 is 3.00 bits per heavy atom. The molecule has 1 aromatic rings. The average Bonchev–Trinajstić information content (AvgIpc) is 2.63. The largest absolute Gasteiger partial charge is 0.383 e. The second-order valence-electron chi connectivity index (χ2n) is 3.17. The van der Waals surface area contributed by atoms with E-state index in [0.29, 0.717) is 18.2 Å². The Balaban J connectivity index is 2.58. The monoisotopic (exact) mass is 231 g/mol. The summed E-state index contributed by atoms with van der Waals surface area (Å²) in [7, 11) is 3.32. The van der Waals surface area contributed by atoms with Crippen LogP contribution in [0, 0.1) is 0 Å². The highest BCUT2D eigenvalue weighted by Crippen LogP contribution is 1.98. The van der Waals surface area contributed by atoms with Crippen molar-refractivity contribution in [1.29, 1.82) is 0 Å². The van der Waals surface area contributed by atoms with Gasteiger partial charge in [-0.15, -0.1) is 11.6 Å². The van der Waals surface area contributed by atoms with Crippen molar-refractivity contribution >= 4 is 17.5 Å². The van der Waals surface area contributed by atoms with Crippen LogP contribution in [0.25, 0.3) is 0 Å². The molecule has 0 saturated carbocycles. The van der Waals surface area contributed by atoms with Gasteiger partial charge in [-0.25, -0.2) is 4.98 Å². The summed E-state index contributed by atoms with van der Waals surface area (Å²) < 4.78 is 6.57. The van der Waals surface area contributed by atoms with Gasteiger partial charge in [0.1, 0.15) is 5.69 Å². The summed E-state index contributed by atoms with van der Waals surface area (Å²) in [5, 5.41) is 2.75. The predicted octanol–water partition coefficient (Wildman–Crippen LogP) is 0.404. The third-order valence-electron chi connectivity index (χ3n) is 1.94. The maximum absolute atomic E-state index is 11.7. The molecule has 1 unspecified atom stereocenters. The maximum atomic E-state index is 11.7. The fraction of sp³-hybridized carbons (Fsp3) is 0.556. The van der Waals surface area contributed by atoms with Gasteiger partial charge in [0.05, 0.1) is 25.2 Å². The van der Waals surface area contributed by atoms with Crippen LogP contribution in [0.5, 0.6) is 0 Å². The van der Waals surface area contributed by atoms with Crippen molar-refractivity contribution < 1.29 is 9.53 Å². The van der Waals surface area contributed by atoms with E-state index in [-0.39, 0.29) is 11.9 Å². The zero-order chi connectivity index (χ0) is 11.3. The number of nitrogens with one attached hydrogen (secondary N) is 1. The van der Waals surface area contributed by atoms with Crippen LogP contribution in [0.15, 0.2) is 12.5 Å². The van der Waals surface area contributed by atoms with Crippen molar-refractivity contribution in [2.45, 2.75) is 6.04 Å². The molecule has 0 fully saturated rings. The van der Waals surface area contributed by atoms with Crippen LogP contribution in [0.4, 0.5) is 0 Å². The Labute approximate surface area is 93.4 Å². The van der Waals surface area contributed by atoms with Gasteiger partial charge in [0.15, 0.2) is 0 Å². The number of hydrogen-bond donors (Lipinski definition) is 1. The zero-order valence-electron chi connectivity index (χ0n) is 8.74. The molecular formula is C9H14ClN3O2. The van der Waals surface area contributed by atoms with Gasteiger partial charge in [-0.3, -0.25) is 4.79 Å². The number of methoxy groups -OCH3 is 1. The molecular weight excluding hydrogens is 218 g/mol. The Morgan fingerprint density at radius 2 is 2.53 bits per heavy atom. The first-order valence-corrected chi connectivity index (χ1v) is 5.04. The summed E-state index contributed by atoms with van der Waals surface area (Å²) in [4.78, 5) is 15.5. The number of hydrogen-bond acceptors (Lipinski definition) is 3. The van der Waals surface area contributed by atoms with Crippen LogP contribution in [0.3, 0.4) is 0 Å². The molecule has 6 heteroatoms. The topological polar surface area (TPSA) is 56.1 Å². The quantitative estimate of drug-likeness (QED) is 0.747. The van der Waals surface area contributed by atoms with Crippen molar-refractivity contribution in [3.63, 3.8) is 0 Å². The third-order valence-corrected chi connectivity index (χ3v) is 2.31. The normalized spacial score (nSPS) is 12.5. The molecule has 1 aromatic heterocycles. The first-order valence-electron chi connectivity index (χ1n) is 4.51. The van der Waals surface area contributed by atoms with Crippen LogP contribution in [0.1, 0.15) is 10.5 Å². The van der Waals surface area contributed by atoms with E-state index in [1.165, 1.54) is 6.20 Å². The number of carbonyl (C=O) groups is 1. The summed E-state index contributed by atoms with van der Waals surface area (Å²) in [6.07, 6.45) is 3.08. The highest BCUT2D eigenvalue weighted by molar-refractivity contribution is 6.18. The lowest BCUT2D eigenvalue weighted by Gasteiger charge is -2.14. The van der Waals surface area contributed by atoms with Crippen LogP contribution in [0.2, 0.25) is 0 Å². The Hall–Kier alpha value is -1.07. The number of alkyl halides is 1. The summed E-state index contributed by atoms with van der Waals surface area (Å²) in [6, 6.07) is -0.181. The standard InChI is InChI=1S/C9H14ClN3O2/c1-13-6-11-4-8(13)9(14)12-7(3-10)5-15-2/h4,6-7H,3,5H2,1-2H3,(H,12,14). The first kappa shape index (κ1) is 12.0. The van der Waals surface area contributed by atoms with E-state index in [1.54, 1.807) is 25.1 Å². The number of ether oxygens (including phenoxy) is 1. The van der Waals surface area contributed by atoms with Gasteiger partial charge in [0, 0.05) is 20.0 Å². The summed E-state index contributed by atoms with van der Waals surface area (Å²) in [5.41, 5.74) is 0.501. The minimum atomic E-state index is -0.197. The van der Waals surface area contributed by atoms with Crippen molar-refractivity contribution in [3.8, 4) is 0 Å². The smallest absolute Gasteiger partial charge is 0.269 e. The van der Waals surface area contributed by atoms with Gasteiger partial charge in [-0.05, 0) is 0 Å². The predicted molar refractivity (Wildman–Crippen MR) is 57.1 cm³/mol. The number of halogens is 1. The minimum absolute atomic E-state index is 0.181. The molecule has 15 heavy (non-hydrogen) atoms. The van der Waals surface area contributed by atoms with Crippen LogP contribution >= 0.6 is 11.6 Å². The van der Waals surface area contributed by atoms with Gasteiger partial charge in [0.25, 0.3) is 5.91 Å². The fourth-order valence-corrected chi connectivity index (χ4v) is 1.33. The van der Waals surface area contributed by atoms with Crippen LogP contribution in [-0.2, 0) is 11.8 Å². The molecule has 0 spiro atoms. The third kappa shape index (κ3) is 3.21. The number of nitrogens with zero attached hydrogens (tertiary/aromatic N) is 2. The van der Waals surface area contributed by atoms with Gasteiger partial charge in [-0.2, -0.15) is 0 Å². The molecule has 0 aliphatic rings. The molecule has 1 amide bonds. The lowest BCUT2D eigenvalue weighted by atomic mass is 10.3. The van der Waals surface area contributed by atoms with E-state index < -0.39 is 0 Å². The molecule has 0 radical (unpaired) electrons. The lowest BCUT2D eigenvalue weighted by molar-refractivity contribution is 0.0898. The summed E-state index contributed by atoms with van der Waals surface area (Å²) in [5.74, 6) is 0.120. The number of aryl methyl sites for hydroxylation is 1. The van der Waals surface area contributed by atoms with E-state index >= 15 is 0 Å². The highest BCUT2D eigenvalue weighted by atomic mass is 35.5. The highest BCUT2D eigenvalue weighted by Gasteiger charge is 2.14. The number of amides is 1. The maximum Gasteiger partial charge on any atom is 0.269 e. The van der Waals surface area contributed by atoms with Gasteiger partial charge >= 0.3 is 0 Å². The molecule has 1 atom stereocenters. The fourth-order valence-electron chi connectivity index (χ4n) is 1.16. The van der Waals surface area contributed by atoms with E-state index in [2.05, 4.69) is 10.3 Å². The van der Waals surface area contributed by atoms with E-state index in [4.69, 9.17) is 16.3 Å². The molecule has 5 nitrogen and oxygen atoms in total.